The summed E-state index contributed by atoms with van der Waals surface area (Å²) >= 11 is 5.80. The fourth-order valence-corrected chi connectivity index (χ4v) is 3.70. The van der Waals surface area contributed by atoms with Gasteiger partial charge in [0.15, 0.2) is 0 Å². The number of nitrogens with one attached hydrogen (secondary N) is 1. The molecule has 156 valence electrons. The molecule has 0 aliphatic rings. The predicted octanol–water partition coefficient (Wildman–Crippen LogP) is 4.33. The summed E-state index contributed by atoms with van der Waals surface area (Å²) in [7, 11) is -4.13. The number of amides is 1. The molecular formula is C23H17ClN2O4S. The van der Waals surface area contributed by atoms with Crippen molar-refractivity contribution in [3.05, 3.63) is 101 Å². The van der Waals surface area contributed by atoms with Gasteiger partial charge in [0.2, 0.25) is 0 Å². The Kier molecular flexibility index (Phi) is 7.08. The minimum Gasteiger partial charge on any atom is -0.378 e. The van der Waals surface area contributed by atoms with Crippen LogP contribution in [0.15, 0.2) is 89.3 Å². The number of nitriles is 1. The molecule has 6 nitrogen and oxygen atoms in total. The van der Waals surface area contributed by atoms with Crippen molar-refractivity contribution in [1.29, 1.82) is 5.26 Å². The van der Waals surface area contributed by atoms with Crippen molar-refractivity contribution in [1.82, 2.24) is 5.32 Å². The van der Waals surface area contributed by atoms with Crippen molar-refractivity contribution in [2.75, 3.05) is 0 Å². The fourth-order valence-electron chi connectivity index (χ4n) is 2.62. The molecule has 0 radical (unpaired) electrons. The third-order valence-electron chi connectivity index (χ3n) is 4.18. The molecule has 0 aromatic heterocycles. The van der Waals surface area contributed by atoms with E-state index in [-0.39, 0.29) is 28.3 Å². The van der Waals surface area contributed by atoms with Gasteiger partial charge in [0.1, 0.15) is 22.3 Å². The van der Waals surface area contributed by atoms with Gasteiger partial charge in [-0.1, -0.05) is 60.1 Å². The zero-order valence-electron chi connectivity index (χ0n) is 16.2. The van der Waals surface area contributed by atoms with E-state index in [0.717, 1.165) is 5.56 Å². The van der Waals surface area contributed by atoms with Crippen LogP contribution in [0.4, 0.5) is 0 Å². The van der Waals surface area contributed by atoms with Gasteiger partial charge < -0.3 is 9.50 Å². The van der Waals surface area contributed by atoms with Crippen molar-refractivity contribution in [2.24, 2.45) is 0 Å². The van der Waals surface area contributed by atoms with Crippen molar-refractivity contribution in [2.45, 2.75) is 11.4 Å². The van der Waals surface area contributed by atoms with Gasteiger partial charge in [-0.15, -0.1) is 0 Å². The lowest BCUT2D eigenvalue weighted by Crippen LogP contribution is -2.23. The second-order valence-corrected chi connectivity index (χ2v) is 8.35. The Bertz CT molecular complexity index is 1250. The first-order valence-corrected chi connectivity index (χ1v) is 10.9. The Morgan fingerprint density at radius 2 is 1.65 bits per heavy atom. The maximum absolute atomic E-state index is 12.6. The lowest BCUT2D eigenvalue weighted by molar-refractivity contribution is -0.117. The zero-order valence-corrected chi connectivity index (χ0v) is 17.7. The van der Waals surface area contributed by atoms with Crippen LogP contribution in [-0.2, 0) is 21.5 Å². The molecule has 8 heteroatoms. The molecule has 3 aromatic rings. The van der Waals surface area contributed by atoms with E-state index in [0.29, 0.717) is 5.02 Å². The summed E-state index contributed by atoms with van der Waals surface area (Å²) in [6.45, 7) is 0.252. The molecule has 31 heavy (non-hydrogen) atoms. The van der Waals surface area contributed by atoms with E-state index in [1.54, 1.807) is 18.2 Å². The molecule has 0 atom stereocenters. The van der Waals surface area contributed by atoms with Gasteiger partial charge in [-0.25, -0.2) is 0 Å². The van der Waals surface area contributed by atoms with Gasteiger partial charge >= 0.3 is 10.1 Å². The van der Waals surface area contributed by atoms with Crippen LogP contribution in [0.5, 0.6) is 5.75 Å². The van der Waals surface area contributed by atoms with Gasteiger partial charge in [-0.3, -0.25) is 4.79 Å². The van der Waals surface area contributed by atoms with Crippen LogP contribution in [0.1, 0.15) is 11.1 Å². The normalized spacial score (nSPS) is 11.4. The number of hydrogen-bond donors (Lipinski definition) is 1. The van der Waals surface area contributed by atoms with Crippen molar-refractivity contribution >= 4 is 33.7 Å². The van der Waals surface area contributed by atoms with Crippen molar-refractivity contribution in [3.63, 3.8) is 0 Å². The number of carbonyl (C=O) groups is 1. The Morgan fingerprint density at radius 3 is 2.32 bits per heavy atom. The van der Waals surface area contributed by atoms with Gasteiger partial charge in [-0.05, 0) is 42.0 Å². The van der Waals surface area contributed by atoms with E-state index >= 15 is 0 Å². The van der Waals surface area contributed by atoms with Gasteiger partial charge in [0.05, 0.1) is 0 Å². The quantitative estimate of drug-likeness (QED) is 0.327. The third-order valence-corrected chi connectivity index (χ3v) is 5.68. The molecule has 0 aliphatic carbocycles. The minimum atomic E-state index is -4.13. The molecule has 3 aromatic carbocycles. The molecule has 0 heterocycles. The molecule has 0 unspecified atom stereocenters. The van der Waals surface area contributed by atoms with Gasteiger partial charge in [0, 0.05) is 17.1 Å². The van der Waals surface area contributed by atoms with E-state index in [4.69, 9.17) is 15.8 Å². The lowest BCUT2D eigenvalue weighted by atomic mass is 10.1. The maximum atomic E-state index is 12.6. The molecule has 0 saturated heterocycles. The Labute approximate surface area is 185 Å². The van der Waals surface area contributed by atoms with Crippen molar-refractivity contribution < 1.29 is 17.4 Å². The molecule has 0 bridgehead atoms. The van der Waals surface area contributed by atoms with Crippen LogP contribution in [0, 0.1) is 11.3 Å². The van der Waals surface area contributed by atoms with E-state index in [9.17, 15) is 18.5 Å². The highest BCUT2D eigenvalue weighted by molar-refractivity contribution is 7.87. The average molecular weight is 453 g/mol. The average Bonchev–Trinajstić information content (AvgIpc) is 2.77. The predicted molar refractivity (Wildman–Crippen MR) is 118 cm³/mol. The monoisotopic (exact) mass is 452 g/mol. The number of nitrogens with zero attached hydrogens (tertiary/aromatic N) is 1. The number of para-hydroxylation sites is 1. The summed E-state index contributed by atoms with van der Waals surface area (Å²) in [5.41, 5.74) is 0.966. The van der Waals surface area contributed by atoms with E-state index in [1.807, 2.05) is 36.4 Å². The van der Waals surface area contributed by atoms with Crippen LogP contribution < -0.4 is 9.50 Å². The zero-order chi connectivity index (χ0) is 22.3. The molecular weight excluding hydrogens is 436 g/mol. The van der Waals surface area contributed by atoms with E-state index in [2.05, 4.69) is 5.32 Å². The molecule has 3 rings (SSSR count). The molecule has 0 fully saturated rings. The lowest BCUT2D eigenvalue weighted by Gasteiger charge is -2.10. The Balaban J connectivity index is 1.82. The standard InChI is InChI=1S/C23H17ClN2O4S/c24-20-10-12-21(13-11-20)31(28,29)30-22-9-5-4-8-18(22)14-19(15-25)23(27)26-16-17-6-2-1-3-7-17/h1-14H,16H2,(H,26,27)/b19-14+. The summed E-state index contributed by atoms with van der Waals surface area (Å²) in [4.78, 5) is 12.4. The molecule has 0 aliphatic heterocycles. The summed E-state index contributed by atoms with van der Waals surface area (Å²) in [5.74, 6) is -0.595. The Hall–Kier alpha value is -3.60. The topological polar surface area (TPSA) is 96.3 Å². The fraction of sp³-hybridized carbons (Fsp3) is 0.0435. The van der Waals surface area contributed by atoms with Crippen LogP contribution >= 0.6 is 11.6 Å². The van der Waals surface area contributed by atoms with Gasteiger partial charge in [0.25, 0.3) is 5.91 Å². The second kappa shape index (κ2) is 9.94. The van der Waals surface area contributed by atoms with Crippen LogP contribution in [0.3, 0.4) is 0 Å². The summed E-state index contributed by atoms with van der Waals surface area (Å²) in [6.07, 6.45) is 1.28. The highest BCUT2D eigenvalue weighted by atomic mass is 35.5. The first-order valence-electron chi connectivity index (χ1n) is 9.12. The first-order chi connectivity index (χ1) is 14.9. The van der Waals surface area contributed by atoms with Crippen molar-refractivity contribution in [3.8, 4) is 11.8 Å². The molecule has 0 saturated carbocycles. The van der Waals surface area contributed by atoms with Crippen LogP contribution in [-0.4, -0.2) is 14.3 Å². The van der Waals surface area contributed by atoms with Gasteiger partial charge in [-0.2, -0.15) is 13.7 Å². The highest BCUT2D eigenvalue weighted by Crippen LogP contribution is 2.25. The number of halogens is 1. The number of hydrogen-bond acceptors (Lipinski definition) is 5. The van der Waals surface area contributed by atoms with Crippen LogP contribution in [0.2, 0.25) is 5.02 Å². The summed E-state index contributed by atoms with van der Waals surface area (Å²) in [6, 6.07) is 22.8. The summed E-state index contributed by atoms with van der Waals surface area (Å²) < 4.78 is 30.4. The number of benzene rings is 3. The minimum absolute atomic E-state index is 0.0129. The SMILES string of the molecule is N#C/C(=C\c1ccccc1OS(=O)(=O)c1ccc(Cl)cc1)C(=O)NCc1ccccc1. The molecule has 1 amide bonds. The third kappa shape index (κ3) is 5.95. The molecule has 1 N–H and O–H groups in total. The maximum Gasteiger partial charge on any atom is 0.339 e. The first kappa shape index (κ1) is 22.1. The van der Waals surface area contributed by atoms with Crippen LogP contribution in [0.25, 0.3) is 6.08 Å². The molecule has 0 spiro atoms. The van der Waals surface area contributed by atoms with E-state index < -0.39 is 16.0 Å². The summed E-state index contributed by atoms with van der Waals surface area (Å²) in [5, 5.41) is 12.5. The number of carbonyl (C=O) groups excluding carboxylic acids is 1. The Morgan fingerprint density at radius 1 is 1.00 bits per heavy atom. The highest BCUT2D eigenvalue weighted by Gasteiger charge is 2.19. The largest absolute Gasteiger partial charge is 0.378 e. The number of rotatable bonds is 7. The second-order valence-electron chi connectivity index (χ2n) is 6.37. The smallest absolute Gasteiger partial charge is 0.339 e. The van der Waals surface area contributed by atoms with E-state index in [1.165, 1.54) is 36.4 Å².